The second-order valence-electron chi connectivity index (χ2n) is 7.46. The van der Waals surface area contributed by atoms with E-state index in [0.29, 0.717) is 29.3 Å². The highest BCUT2D eigenvalue weighted by Crippen LogP contribution is 2.22. The molecule has 0 aliphatic heterocycles. The third-order valence-corrected chi connectivity index (χ3v) is 5.10. The van der Waals surface area contributed by atoms with E-state index in [0.717, 1.165) is 18.3 Å². The molecule has 4 N–H and O–H groups in total. The molecule has 0 spiro atoms. The highest BCUT2D eigenvalue weighted by molar-refractivity contribution is 5.58. The van der Waals surface area contributed by atoms with Crippen LogP contribution in [0.25, 0.3) is 11.7 Å². The van der Waals surface area contributed by atoms with E-state index in [1.165, 1.54) is 11.1 Å². The second-order valence-corrected chi connectivity index (χ2v) is 7.46. The molecule has 9 heteroatoms. The maximum atomic E-state index is 11.4. The first kappa shape index (κ1) is 18.2. The topological polar surface area (TPSA) is 123 Å². The number of imidazole rings is 1. The Bertz CT molecular complexity index is 1410. The fourth-order valence-electron chi connectivity index (χ4n) is 3.28. The Balaban J connectivity index is 1.60. The fraction of sp³-hybridized carbons (Fsp3) is 0.238. The van der Waals surface area contributed by atoms with E-state index in [9.17, 15) is 9.90 Å². The number of aromatic hydroxyl groups is 1. The van der Waals surface area contributed by atoms with Crippen LogP contribution < -0.4 is 21.7 Å². The largest absolute Gasteiger partial charge is 0.493 e. The molecule has 1 saturated carbocycles. The third-order valence-electron chi connectivity index (χ3n) is 5.10. The number of benzene rings is 1. The third kappa shape index (κ3) is 3.57. The first-order valence-corrected chi connectivity index (χ1v) is 9.81. The molecule has 0 unspecified atom stereocenters. The molecule has 30 heavy (non-hydrogen) atoms. The van der Waals surface area contributed by atoms with Crippen LogP contribution in [-0.4, -0.2) is 35.7 Å². The van der Waals surface area contributed by atoms with Crippen LogP contribution in [0.2, 0.25) is 0 Å². The number of H-pyrrole nitrogens is 2. The highest BCUT2D eigenvalue weighted by Gasteiger charge is 2.20. The van der Waals surface area contributed by atoms with Crippen LogP contribution in [-0.2, 0) is 6.54 Å². The lowest BCUT2D eigenvalue weighted by atomic mass is 10.1. The molecule has 1 aliphatic rings. The first-order chi connectivity index (χ1) is 14.6. The Labute approximate surface area is 170 Å². The van der Waals surface area contributed by atoms with Crippen molar-refractivity contribution in [3.8, 4) is 5.88 Å². The van der Waals surface area contributed by atoms with E-state index in [1.54, 1.807) is 16.8 Å². The predicted molar refractivity (Wildman–Crippen MR) is 112 cm³/mol. The lowest BCUT2D eigenvalue weighted by Crippen LogP contribution is -2.20. The molecule has 0 saturated heterocycles. The lowest BCUT2D eigenvalue weighted by Gasteiger charge is -2.08. The van der Waals surface area contributed by atoms with Gasteiger partial charge in [-0.05, 0) is 37.0 Å². The first-order valence-electron chi connectivity index (χ1n) is 9.81. The molecule has 5 rings (SSSR count). The van der Waals surface area contributed by atoms with Crippen molar-refractivity contribution in [2.45, 2.75) is 32.4 Å². The van der Waals surface area contributed by atoms with Crippen molar-refractivity contribution >= 4 is 17.5 Å². The fourth-order valence-corrected chi connectivity index (χ4v) is 3.28. The molecule has 0 bridgehead atoms. The van der Waals surface area contributed by atoms with Gasteiger partial charge in [0.1, 0.15) is 11.5 Å². The van der Waals surface area contributed by atoms with Crippen molar-refractivity contribution in [2.24, 2.45) is 4.99 Å². The normalized spacial score (nSPS) is 15.2. The monoisotopic (exact) mass is 403 g/mol. The van der Waals surface area contributed by atoms with Crippen LogP contribution >= 0.6 is 0 Å². The number of nitrogens with zero attached hydrogens (tertiary/aromatic N) is 4. The Morgan fingerprint density at radius 2 is 2.17 bits per heavy atom. The number of aryl methyl sites for hydroxylation is 1. The highest BCUT2D eigenvalue weighted by atomic mass is 16.3. The number of hydrogen-bond donors (Lipinski definition) is 4. The number of rotatable bonds is 5. The zero-order valence-corrected chi connectivity index (χ0v) is 16.4. The van der Waals surface area contributed by atoms with Crippen molar-refractivity contribution in [1.29, 1.82) is 0 Å². The predicted octanol–water partition coefficient (Wildman–Crippen LogP) is 0.983. The number of fused-ring (bicyclic) bond motifs is 1. The molecule has 4 aromatic rings. The minimum absolute atomic E-state index is 0.226. The van der Waals surface area contributed by atoms with Crippen LogP contribution in [0, 0.1) is 6.92 Å². The van der Waals surface area contributed by atoms with Gasteiger partial charge in [0, 0.05) is 17.8 Å². The second kappa shape index (κ2) is 7.18. The van der Waals surface area contributed by atoms with Gasteiger partial charge in [0.05, 0.1) is 12.2 Å². The van der Waals surface area contributed by atoms with Gasteiger partial charge >= 0.3 is 5.69 Å². The van der Waals surface area contributed by atoms with Crippen LogP contribution in [0.4, 0.5) is 5.82 Å². The Kier molecular flexibility index (Phi) is 4.35. The zero-order valence-electron chi connectivity index (χ0n) is 16.4. The molecule has 0 amide bonds. The van der Waals surface area contributed by atoms with E-state index in [2.05, 4.69) is 39.4 Å². The van der Waals surface area contributed by atoms with Crippen LogP contribution in [0.15, 0.2) is 46.3 Å². The van der Waals surface area contributed by atoms with Gasteiger partial charge < -0.3 is 15.4 Å². The molecule has 1 aliphatic carbocycles. The van der Waals surface area contributed by atoms with Gasteiger partial charge in [-0.25, -0.2) is 9.78 Å². The summed E-state index contributed by atoms with van der Waals surface area (Å²) in [5.41, 5.74) is 3.50. The summed E-state index contributed by atoms with van der Waals surface area (Å²) in [6, 6.07) is 10.4. The summed E-state index contributed by atoms with van der Waals surface area (Å²) in [7, 11) is 0. The molecule has 0 radical (unpaired) electrons. The summed E-state index contributed by atoms with van der Waals surface area (Å²) in [6.45, 7) is 2.72. The number of aromatic nitrogens is 5. The van der Waals surface area contributed by atoms with Crippen LogP contribution in [0.5, 0.6) is 5.88 Å². The molecule has 0 atom stereocenters. The zero-order chi connectivity index (χ0) is 20.7. The van der Waals surface area contributed by atoms with Gasteiger partial charge in [0.25, 0.3) is 0 Å². The van der Waals surface area contributed by atoms with Gasteiger partial charge in [0.2, 0.25) is 5.88 Å². The molecule has 3 aromatic heterocycles. The maximum absolute atomic E-state index is 11.4. The van der Waals surface area contributed by atoms with Gasteiger partial charge in [0.15, 0.2) is 11.1 Å². The minimum Gasteiger partial charge on any atom is -0.493 e. The maximum Gasteiger partial charge on any atom is 0.326 e. The number of anilines is 1. The van der Waals surface area contributed by atoms with Crippen molar-refractivity contribution in [1.82, 2.24) is 24.6 Å². The van der Waals surface area contributed by atoms with E-state index < -0.39 is 5.69 Å². The standard InChI is InChI=1S/C21H21N7O2/c1-12-4-2-3-5-13(12)10-22-17-9-18(24-15-6-7-15)28-19(26-17)14(11-23-28)8-16-20(29)27-21(30)25-16/h2-5,8-9,11,15,22,29H,6-7,10H2,1H3,(H2,25,27,30)/b14-8-,24-18?. The summed E-state index contributed by atoms with van der Waals surface area (Å²) in [4.78, 5) is 25.8. The van der Waals surface area contributed by atoms with E-state index in [1.807, 2.05) is 18.2 Å². The summed E-state index contributed by atoms with van der Waals surface area (Å²) >= 11 is 0. The van der Waals surface area contributed by atoms with Crippen molar-refractivity contribution in [2.75, 3.05) is 5.32 Å². The SMILES string of the molecule is Cc1ccccc1CNc1cc(=NC2CC2)n2nc/c(=C/c3[nH]c(=O)[nH]c3O)c2n1. The molecule has 3 heterocycles. The summed E-state index contributed by atoms with van der Waals surface area (Å²) in [6.07, 6.45) is 5.43. The summed E-state index contributed by atoms with van der Waals surface area (Å²) in [5.74, 6) is 0.461. The van der Waals surface area contributed by atoms with E-state index in [-0.39, 0.29) is 11.6 Å². The lowest BCUT2D eigenvalue weighted by molar-refractivity contribution is 0.454. The number of aromatic amines is 2. The number of nitrogens with one attached hydrogen (secondary N) is 3. The Morgan fingerprint density at radius 3 is 2.90 bits per heavy atom. The van der Waals surface area contributed by atoms with Crippen LogP contribution in [0.1, 0.15) is 29.7 Å². The van der Waals surface area contributed by atoms with Gasteiger partial charge in [-0.15, -0.1) is 0 Å². The van der Waals surface area contributed by atoms with Crippen molar-refractivity contribution < 1.29 is 5.11 Å². The molecule has 152 valence electrons. The molecule has 1 aromatic carbocycles. The summed E-state index contributed by atoms with van der Waals surface area (Å²) < 4.78 is 1.69. The van der Waals surface area contributed by atoms with Crippen molar-refractivity contribution in [3.05, 3.63) is 74.5 Å². The Hall–Kier alpha value is -3.88. The summed E-state index contributed by atoms with van der Waals surface area (Å²) in [5, 5.41) is 18.3. The van der Waals surface area contributed by atoms with Crippen LogP contribution in [0.3, 0.4) is 0 Å². The number of hydrogen-bond acceptors (Lipinski definition) is 6. The molecular formula is C21H21N7O2. The molecule has 1 fully saturated rings. The molecular weight excluding hydrogens is 382 g/mol. The van der Waals surface area contributed by atoms with Crippen molar-refractivity contribution in [3.63, 3.8) is 0 Å². The minimum atomic E-state index is -0.479. The Morgan fingerprint density at radius 1 is 1.33 bits per heavy atom. The average Bonchev–Trinajstić information content (AvgIpc) is 3.36. The quantitative estimate of drug-likeness (QED) is 0.396. The van der Waals surface area contributed by atoms with E-state index >= 15 is 0 Å². The van der Waals surface area contributed by atoms with E-state index in [4.69, 9.17) is 9.98 Å². The molecule has 9 nitrogen and oxygen atoms in total. The van der Waals surface area contributed by atoms with Gasteiger partial charge in [-0.1, -0.05) is 24.3 Å². The average molecular weight is 403 g/mol. The van der Waals surface area contributed by atoms with Gasteiger partial charge in [-0.3, -0.25) is 9.98 Å². The smallest absolute Gasteiger partial charge is 0.326 e. The van der Waals surface area contributed by atoms with Gasteiger partial charge in [-0.2, -0.15) is 9.61 Å².